The highest BCUT2D eigenvalue weighted by Crippen LogP contribution is 2.41. The molecule has 1 aliphatic heterocycles. The van der Waals surface area contributed by atoms with Crippen molar-refractivity contribution in [2.45, 2.75) is 25.9 Å². The van der Waals surface area contributed by atoms with Crippen molar-refractivity contribution in [3.63, 3.8) is 0 Å². The van der Waals surface area contributed by atoms with Gasteiger partial charge in [-0.05, 0) is 54.8 Å². The number of aryl methyl sites for hydroxylation is 2. The van der Waals surface area contributed by atoms with E-state index in [0.717, 1.165) is 16.8 Å². The van der Waals surface area contributed by atoms with Gasteiger partial charge in [0.2, 0.25) is 5.91 Å². The van der Waals surface area contributed by atoms with Crippen LogP contribution in [-0.2, 0) is 4.79 Å². The van der Waals surface area contributed by atoms with Crippen molar-refractivity contribution in [3.8, 4) is 11.5 Å². The summed E-state index contributed by atoms with van der Waals surface area (Å²) in [7, 11) is 3.19. The molecule has 126 valence electrons. The second kappa shape index (κ2) is 6.17. The van der Waals surface area contributed by atoms with Gasteiger partial charge in [0.15, 0.2) is 11.5 Å². The molecule has 0 radical (unpaired) electrons. The molecule has 2 aromatic rings. The van der Waals surface area contributed by atoms with E-state index in [0.29, 0.717) is 11.5 Å². The lowest BCUT2D eigenvalue weighted by Gasteiger charge is -2.45. The first-order valence-electron chi connectivity index (χ1n) is 7.85. The van der Waals surface area contributed by atoms with Crippen molar-refractivity contribution in [2.24, 2.45) is 5.73 Å². The maximum atomic E-state index is 12.4. The van der Waals surface area contributed by atoms with E-state index in [1.54, 1.807) is 19.1 Å². The molecule has 0 spiro atoms. The van der Waals surface area contributed by atoms with E-state index in [9.17, 15) is 4.79 Å². The summed E-state index contributed by atoms with van der Waals surface area (Å²) in [5.41, 5.74) is 10.2. The van der Waals surface area contributed by atoms with Crippen LogP contribution in [0.15, 0.2) is 36.4 Å². The van der Waals surface area contributed by atoms with Crippen molar-refractivity contribution in [2.75, 3.05) is 19.1 Å². The van der Waals surface area contributed by atoms with Gasteiger partial charge in [0, 0.05) is 5.69 Å². The number of β-lactam (4-membered cyclic amide) rings is 1. The highest BCUT2D eigenvalue weighted by molar-refractivity contribution is 6.05. The van der Waals surface area contributed by atoms with Crippen LogP contribution in [0.3, 0.4) is 0 Å². The van der Waals surface area contributed by atoms with Crippen molar-refractivity contribution in [1.82, 2.24) is 0 Å². The Morgan fingerprint density at radius 3 is 2.29 bits per heavy atom. The number of carbonyl (C=O) groups is 1. The van der Waals surface area contributed by atoms with Crippen LogP contribution in [-0.4, -0.2) is 26.2 Å². The minimum Gasteiger partial charge on any atom is -0.493 e. The molecule has 24 heavy (non-hydrogen) atoms. The summed E-state index contributed by atoms with van der Waals surface area (Å²) >= 11 is 0. The largest absolute Gasteiger partial charge is 0.493 e. The number of methoxy groups -OCH3 is 2. The molecule has 0 aromatic heterocycles. The van der Waals surface area contributed by atoms with Crippen LogP contribution >= 0.6 is 0 Å². The quantitative estimate of drug-likeness (QED) is 0.878. The molecule has 1 heterocycles. The second-order valence-corrected chi connectivity index (χ2v) is 6.06. The van der Waals surface area contributed by atoms with Crippen molar-refractivity contribution in [3.05, 3.63) is 53.1 Å². The van der Waals surface area contributed by atoms with E-state index >= 15 is 0 Å². The maximum absolute atomic E-state index is 12.4. The number of anilines is 1. The number of amides is 1. The molecule has 0 saturated carbocycles. The predicted octanol–water partition coefficient (Wildman–Crippen LogP) is 2.74. The Morgan fingerprint density at radius 2 is 1.67 bits per heavy atom. The van der Waals surface area contributed by atoms with Gasteiger partial charge in [-0.15, -0.1) is 0 Å². The SMILES string of the molecule is COc1ccc([C@@H]2[C@H](N)C(=O)N2c2ccc(C)c(C)c2)cc1OC. The number of nitrogens with zero attached hydrogens (tertiary/aromatic N) is 1. The molecule has 0 aliphatic carbocycles. The number of hydrogen-bond acceptors (Lipinski definition) is 4. The third kappa shape index (κ3) is 2.51. The molecule has 1 amide bonds. The highest BCUT2D eigenvalue weighted by atomic mass is 16.5. The Labute approximate surface area is 142 Å². The van der Waals surface area contributed by atoms with Crippen LogP contribution in [0.2, 0.25) is 0 Å². The average molecular weight is 326 g/mol. The van der Waals surface area contributed by atoms with Gasteiger partial charge in [0.1, 0.15) is 6.04 Å². The number of hydrogen-bond donors (Lipinski definition) is 1. The van der Waals surface area contributed by atoms with Gasteiger partial charge in [-0.25, -0.2) is 0 Å². The Hall–Kier alpha value is -2.53. The number of carbonyl (C=O) groups excluding carboxylic acids is 1. The molecule has 2 N–H and O–H groups in total. The first-order chi connectivity index (χ1) is 11.5. The average Bonchev–Trinajstić information content (AvgIpc) is 2.60. The van der Waals surface area contributed by atoms with Crippen LogP contribution in [0.25, 0.3) is 0 Å². The van der Waals surface area contributed by atoms with Crippen LogP contribution in [0.1, 0.15) is 22.7 Å². The molecular formula is C19H22N2O3. The zero-order valence-corrected chi connectivity index (χ0v) is 14.4. The topological polar surface area (TPSA) is 64.8 Å². The van der Waals surface area contributed by atoms with Crippen LogP contribution in [0.4, 0.5) is 5.69 Å². The van der Waals surface area contributed by atoms with Gasteiger partial charge in [0.05, 0.1) is 20.3 Å². The predicted molar refractivity (Wildman–Crippen MR) is 93.7 cm³/mol. The fourth-order valence-electron chi connectivity index (χ4n) is 3.07. The number of ether oxygens (including phenoxy) is 2. The molecule has 2 atom stereocenters. The molecule has 5 heteroatoms. The summed E-state index contributed by atoms with van der Waals surface area (Å²) in [4.78, 5) is 14.1. The smallest absolute Gasteiger partial charge is 0.247 e. The fraction of sp³-hybridized carbons (Fsp3) is 0.316. The summed E-state index contributed by atoms with van der Waals surface area (Å²) in [6.45, 7) is 4.09. The number of nitrogens with two attached hydrogens (primary N) is 1. The summed E-state index contributed by atoms with van der Waals surface area (Å²) in [6.07, 6.45) is 0. The fourth-order valence-corrected chi connectivity index (χ4v) is 3.07. The van der Waals surface area contributed by atoms with Gasteiger partial charge in [-0.1, -0.05) is 12.1 Å². The lowest BCUT2D eigenvalue weighted by molar-refractivity contribution is -0.126. The van der Waals surface area contributed by atoms with E-state index in [1.807, 2.05) is 43.3 Å². The minimum atomic E-state index is -0.551. The van der Waals surface area contributed by atoms with Crippen molar-refractivity contribution in [1.29, 1.82) is 0 Å². The molecule has 1 saturated heterocycles. The van der Waals surface area contributed by atoms with Gasteiger partial charge in [0.25, 0.3) is 0 Å². The Balaban J connectivity index is 1.99. The number of benzene rings is 2. The first-order valence-corrected chi connectivity index (χ1v) is 7.85. The molecule has 1 aliphatic rings. The van der Waals surface area contributed by atoms with E-state index in [2.05, 4.69) is 6.92 Å². The lowest BCUT2D eigenvalue weighted by atomic mass is 9.88. The maximum Gasteiger partial charge on any atom is 0.247 e. The molecule has 1 fully saturated rings. The lowest BCUT2D eigenvalue weighted by Crippen LogP contribution is -2.63. The molecule has 5 nitrogen and oxygen atoms in total. The zero-order valence-electron chi connectivity index (χ0n) is 14.4. The van der Waals surface area contributed by atoms with E-state index < -0.39 is 6.04 Å². The van der Waals surface area contributed by atoms with Crippen LogP contribution in [0.5, 0.6) is 11.5 Å². The van der Waals surface area contributed by atoms with Gasteiger partial charge >= 0.3 is 0 Å². The highest BCUT2D eigenvalue weighted by Gasteiger charge is 2.46. The van der Waals surface area contributed by atoms with Gasteiger partial charge in [-0.3, -0.25) is 4.79 Å². The second-order valence-electron chi connectivity index (χ2n) is 6.06. The standard InChI is InChI=1S/C19H22N2O3/c1-11-5-7-14(9-12(11)2)21-18(17(20)19(21)22)13-6-8-15(23-3)16(10-13)24-4/h5-10,17-18H,20H2,1-4H3/t17-,18+/m0/s1. The van der Waals surface area contributed by atoms with Gasteiger partial charge in [-0.2, -0.15) is 0 Å². The van der Waals surface area contributed by atoms with Crippen molar-refractivity contribution >= 4 is 11.6 Å². The molecular weight excluding hydrogens is 304 g/mol. The van der Waals surface area contributed by atoms with Gasteiger partial charge < -0.3 is 20.1 Å². The monoisotopic (exact) mass is 326 g/mol. The molecule has 3 rings (SSSR count). The van der Waals surface area contributed by atoms with Crippen LogP contribution < -0.4 is 20.1 Å². The molecule has 0 bridgehead atoms. The normalized spacial score (nSPS) is 19.9. The first kappa shape index (κ1) is 16.3. The van der Waals surface area contributed by atoms with Crippen LogP contribution in [0, 0.1) is 13.8 Å². The molecule has 0 unspecified atom stereocenters. The van der Waals surface area contributed by atoms with E-state index in [-0.39, 0.29) is 11.9 Å². The summed E-state index contributed by atoms with van der Waals surface area (Å²) in [5, 5.41) is 0. The third-order valence-electron chi connectivity index (χ3n) is 4.66. The summed E-state index contributed by atoms with van der Waals surface area (Å²) in [6, 6.07) is 10.9. The Morgan fingerprint density at radius 1 is 0.958 bits per heavy atom. The number of rotatable bonds is 4. The summed E-state index contributed by atoms with van der Waals surface area (Å²) < 4.78 is 10.6. The Bertz CT molecular complexity index is 788. The summed E-state index contributed by atoms with van der Waals surface area (Å²) in [5.74, 6) is 1.21. The third-order valence-corrected chi connectivity index (χ3v) is 4.66. The van der Waals surface area contributed by atoms with E-state index in [4.69, 9.17) is 15.2 Å². The minimum absolute atomic E-state index is 0.0713. The Kier molecular flexibility index (Phi) is 4.20. The van der Waals surface area contributed by atoms with Crippen molar-refractivity contribution < 1.29 is 14.3 Å². The zero-order chi connectivity index (χ0) is 17.4. The van der Waals surface area contributed by atoms with E-state index in [1.165, 1.54) is 5.56 Å². The molecule has 2 aromatic carbocycles.